The van der Waals surface area contributed by atoms with E-state index in [1.807, 2.05) is 24.3 Å². The van der Waals surface area contributed by atoms with E-state index in [2.05, 4.69) is 30.8 Å². The average Bonchev–Trinajstić information content (AvgIpc) is 3.69. The number of carbonyl (C=O) groups excluding carboxylic acids is 1. The van der Waals surface area contributed by atoms with Crippen molar-refractivity contribution >= 4 is 38.4 Å². The van der Waals surface area contributed by atoms with Crippen LogP contribution in [-0.2, 0) is 10.2 Å². The molecule has 0 radical (unpaired) electrons. The Morgan fingerprint density at radius 3 is 2.63 bits per heavy atom. The van der Waals surface area contributed by atoms with Gasteiger partial charge in [-0.15, -0.1) is 11.5 Å². The molecule has 1 saturated carbocycles. The molecular weight excluding hydrogens is 542 g/mol. The summed E-state index contributed by atoms with van der Waals surface area (Å²) in [5.41, 5.74) is 1.35. The lowest BCUT2D eigenvalue weighted by Gasteiger charge is -2.21. The number of nitrogens with zero attached hydrogens (tertiary/aromatic N) is 4. The Kier molecular flexibility index (Phi) is 6.53. The molecule has 41 heavy (non-hydrogen) atoms. The predicted octanol–water partition coefficient (Wildman–Crippen LogP) is 2.91. The molecule has 0 unspecified atom stereocenters. The second kappa shape index (κ2) is 10.2. The third-order valence-corrected chi connectivity index (χ3v) is 7.89. The van der Waals surface area contributed by atoms with Gasteiger partial charge in [0.2, 0.25) is 0 Å². The van der Waals surface area contributed by atoms with Crippen molar-refractivity contribution in [2.24, 2.45) is 0 Å². The minimum absolute atomic E-state index is 0.0531. The summed E-state index contributed by atoms with van der Waals surface area (Å²) in [5, 5.41) is 8.19. The zero-order valence-electron chi connectivity index (χ0n) is 21.9. The SMILES string of the molecule is C#Cc1cccc2cc([C@@H](C)NC(=O)c3c(NS(=O)(=O)NC4CC4)nn4cccnc34)n(-c3ccccc3)c(=O)c12. The first-order valence-electron chi connectivity index (χ1n) is 12.9. The van der Waals surface area contributed by atoms with E-state index in [0.717, 1.165) is 12.8 Å². The normalized spacial score (nSPS) is 14.0. The molecule has 6 rings (SSSR count). The molecule has 3 N–H and O–H groups in total. The van der Waals surface area contributed by atoms with Gasteiger partial charge in [0.05, 0.1) is 11.4 Å². The van der Waals surface area contributed by atoms with Crippen molar-refractivity contribution in [3.8, 4) is 18.0 Å². The average molecular weight is 568 g/mol. The summed E-state index contributed by atoms with van der Waals surface area (Å²) in [4.78, 5) is 31.9. The third kappa shape index (κ3) is 5.04. The van der Waals surface area contributed by atoms with E-state index in [1.165, 1.54) is 15.3 Å². The molecular formula is C29H25N7O4S. The fourth-order valence-corrected chi connectivity index (χ4v) is 5.88. The molecule has 1 aliphatic rings. The Balaban J connectivity index is 1.43. The minimum Gasteiger partial charge on any atom is -0.344 e. The monoisotopic (exact) mass is 567 g/mol. The number of aromatic nitrogens is 4. The Bertz CT molecular complexity index is 2020. The van der Waals surface area contributed by atoms with Crippen molar-refractivity contribution in [2.75, 3.05) is 4.72 Å². The summed E-state index contributed by atoms with van der Waals surface area (Å²) in [6, 6.07) is 16.9. The highest BCUT2D eigenvalue weighted by Crippen LogP contribution is 2.26. The smallest absolute Gasteiger partial charge is 0.300 e. The minimum atomic E-state index is -3.98. The van der Waals surface area contributed by atoms with Gasteiger partial charge in [0.1, 0.15) is 5.56 Å². The maximum Gasteiger partial charge on any atom is 0.300 e. The zero-order chi connectivity index (χ0) is 28.7. The largest absolute Gasteiger partial charge is 0.344 e. The fraction of sp³-hybridized carbons (Fsp3) is 0.172. The highest BCUT2D eigenvalue weighted by Gasteiger charge is 2.30. The number of amides is 1. The maximum atomic E-state index is 13.9. The van der Waals surface area contributed by atoms with Gasteiger partial charge in [0.15, 0.2) is 11.5 Å². The number of nitrogens with one attached hydrogen (secondary N) is 3. The van der Waals surface area contributed by atoms with Crippen molar-refractivity contribution < 1.29 is 13.2 Å². The van der Waals surface area contributed by atoms with Gasteiger partial charge < -0.3 is 5.32 Å². The third-order valence-electron chi connectivity index (χ3n) is 6.79. The van der Waals surface area contributed by atoms with E-state index in [9.17, 15) is 18.0 Å². The second-order valence-electron chi connectivity index (χ2n) is 9.76. The van der Waals surface area contributed by atoms with Crippen LogP contribution in [0.5, 0.6) is 0 Å². The van der Waals surface area contributed by atoms with Crippen LogP contribution < -0.4 is 20.3 Å². The van der Waals surface area contributed by atoms with E-state index in [-0.39, 0.29) is 28.6 Å². The summed E-state index contributed by atoms with van der Waals surface area (Å²) in [5.74, 6) is 1.79. The molecule has 11 nitrogen and oxygen atoms in total. The zero-order valence-corrected chi connectivity index (χ0v) is 22.7. The van der Waals surface area contributed by atoms with Crippen LogP contribution in [0.15, 0.2) is 77.9 Å². The van der Waals surface area contributed by atoms with E-state index in [0.29, 0.717) is 27.7 Å². The van der Waals surface area contributed by atoms with Crippen LogP contribution in [0.25, 0.3) is 22.1 Å². The summed E-state index contributed by atoms with van der Waals surface area (Å²) in [6.07, 6.45) is 10.2. The summed E-state index contributed by atoms with van der Waals surface area (Å²) in [7, 11) is -3.98. The van der Waals surface area contributed by atoms with Crippen LogP contribution in [0.3, 0.4) is 0 Å². The summed E-state index contributed by atoms with van der Waals surface area (Å²) >= 11 is 0. The number of hydrogen-bond acceptors (Lipinski definition) is 6. The molecule has 0 saturated heterocycles. The van der Waals surface area contributed by atoms with Gasteiger partial charge in [-0.05, 0) is 55.5 Å². The summed E-state index contributed by atoms with van der Waals surface area (Å²) < 4.78 is 33.1. The number of benzene rings is 2. The number of terminal acetylenes is 1. The Hall–Kier alpha value is -4.99. The molecule has 1 fully saturated rings. The fourth-order valence-electron chi connectivity index (χ4n) is 4.75. The molecule has 206 valence electrons. The lowest BCUT2D eigenvalue weighted by Crippen LogP contribution is -2.34. The van der Waals surface area contributed by atoms with Crippen molar-refractivity contribution in [3.05, 3.63) is 100 Å². The molecule has 12 heteroatoms. The van der Waals surface area contributed by atoms with Gasteiger partial charge in [0.25, 0.3) is 11.5 Å². The van der Waals surface area contributed by atoms with E-state index < -0.39 is 22.2 Å². The highest BCUT2D eigenvalue weighted by atomic mass is 32.2. The molecule has 5 aromatic rings. The van der Waals surface area contributed by atoms with Crippen molar-refractivity contribution in [1.29, 1.82) is 0 Å². The quantitative estimate of drug-likeness (QED) is 0.247. The lowest BCUT2D eigenvalue weighted by molar-refractivity contribution is 0.0941. The molecule has 3 aromatic heterocycles. The van der Waals surface area contributed by atoms with E-state index >= 15 is 0 Å². The van der Waals surface area contributed by atoms with E-state index in [1.54, 1.807) is 49.5 Å². The van der Waals surface area contributed by atoms with Crippen molar-refractivity contribution in [3.63, 3.8) is 0 Å². The van der Waals surface area contributed by atoms with Crippen LogP contribution >= 0.6 is 0 Å². The molecule has 1 amide bonds. The number of para-hydroxylation sites is 1. The van der Waals surface area contributed by atoms with Gasteiger partial charge >= 0.3 is 10.2 Å². The van der Waals surface area contributed by atoms with Gasteiger partial charge in [0, 0.05) is 35.4 Å². The number of fused-ring (bicyclic) bond motifs is 2. The first-order valence-corrected chi connectivity index (χ1v) is 14.4. The van der Waals surface area contributed by atoms with Crippen LogP contribution in [0.4, 0.5) is 5.82 Å². The van der Waals surface area contributed by atoms with Crippen LogP contribution in [-0.4, -0.2) is 39.5 Å². The van der Waals surface area contributed by atoms with Crippen molar-refractivity contribution in [2.45, 2.75) is 31.8 Å². The first-order chi connectivity index (χ1) is 19.8. The highest BCUT2D eigenvalue weighted by molar-refractivity contribution is 7.90. The second-order valence-corrected chi connectivity index (χ2v) is 11.2. The predicted molar refractivity (Wildman–Crippen MR) is 155 cm³/mol. The number of carbonyl (C=O) groups is 1. The van der Waals surface area contributed by atoms with Gasteiger partial charge in [-0.1, -0.05) is 36.3 Å². The van der Waals surface area contributed by atoms with Gasteiger partial charge in [-0.25, -0.2) is 9.50 Å². The number of pyridine rings is 1. The number of hydrogen-bond donors (Lipinski definition) is 3. The standard InChI is InChI=1S/C29H25N7O4S/c1-3-19-9-7-10-20-17-23(36(29(38)24(19)20)22-11-5-4-6-12-22)18(2)31-28(37)25-26(32-35-16-8-15-30-27(25)35)34-41(39,40)33-21-13-14-21/h1,4-12,15-18,21,33H,13-14H2,2H3,(H,31,37)(H,32,34)/t18-/m1/s1. The van der Waals surface area contributed by atoms with Crippen molar-refractivity contribution in [1.82, 2.24) is 29.2 Å². The van der Waals surface area contributed by atoms with E-state index in [4.69, 9.17) is 6.42 Å². The molecule has 0 spiro atoms. The van der Waals surface area contributed by atoms with Gasteiger partial charge in [-0.2, -0.15) is 13.1 Å². The molecule has 1 aliphatic carbocycles. The lowest BCUT2D eigenvalue weighted by atomic mass is 10.0. The first kappa shape index (κ1) is 26.2. The van der Waals surface area contributed by atoms with Gasteiger partial charge in [-0.3, -0.25) is 18.9 Å². The van der Waals surface area contributed by atoms with Crippen LogP contribution in [0.1, 0.15) is 47.4 Å². The molecule has 1 atom stereocenters. The Morgan fingerprint density at radius 2 is 1.90 bits per heavy atom. The topological polar surface area (TPSA) is 139 Å². The Morgan fingerprint density at radius 1 is 1.12 bits per heavy atom. The summed E-state index contributed by atoms with van der Waals surface area (Å²) in [6.45, 7) is 1.74. The molecule has 2 aromatic carbocycles. The Labute approximate surface area is 235 Å². The number of anilines is 1. The molecule has 0 bridgehead atoms. The maximum absolute atomic E-state index is 13.9. The number of rotatable bonds is 8. The van der Waals surface area contributed by atoms with Crippen LogP contribution in [0.2, 0.25) is 0 Å². The molecule has 3 heterocycles. The molecule has 0 aliphatic heterocycles. The van der Waals surface area contributed by atoms with Crippen LogP contribution in [0, 0.1) is 12.3 Å².